The van der Waals surface area contributed by atoms with Gasteiger partial charge in [-0.05, 0) is 62.5 Å². The van der Waals surface area contributed by atoms with Gasteiger partial charge in [0.1, 0.15) is 11.6 Å². The van der Waals surface area contributed by atoms with E-state index in [9.17, 15) is 22.4 Å². The van der Waals surface area contributed by atoms with E-state index in [1.807, 2.05) is 0 Å². The minimum atomic E-state index is -4.16. The van der Waals surface area contributed by atoms with Gasteiger partial charge >= 0.3 is 11.9 Å². The molecule has 1 aromatic carbocycles. The zero-order chi connectivity index (χ0) is 21.5. The maximum absolute atomic E-state index is 14.3. The Kier molecular flexibility index (Phi) is 5.97. The number of aromatic nitrogens is 3. The molecule has 30 heavy (non-hydrogen) atoms. The minimum absolute atomic E-state index is 0.0327. The first kappa shape index (κ1) is 21.4. The van der Waals surface area contributed by atoms with Crippen LogP contribution >= 0.6 is 11.6 Å². The summed E-state index contributed by atoms with van der Waals surface area (Å²) in [6, 6.07) is 4.41. The van der Waals surface area contributed by atoms with Gasteiger partial charge in [0.15, 0.2) is 0 Å². The highest BCUT2D eigenvalue weighted by Crippen LogP contribution is 2.40. The largest absolute Gasteiger partial charge is 0.391 e. The van der Waals surface area contributed by atoms with Crippen molar-refractivity contribution in [3.63, 3.8) is 0 Å². The van der Waals surface area contributed by atoms with Gasteiger partial charge < -0.3 is 0 Å². The van der Waals surface area contributed by atoms with Gasteiger partial charge in [-0.15, -0.1) is 0 Å². The maximum Gasteiger partial charge on any atom is 0.391 e. The highest BCUT2D eigenvalue weighted by Gasteiger charge is 2.41. The Morgan fingerprint density at radius 3 is 2.27 bits per heavy atom. The first-order valence-electron chi connectivity index (χ1n) is 10.4. The van der Waals surface area contributed by atoms with Crippen LogP contribution in [0.5, 0.6) is 0 Å². The van der Waals surface area contributed by atoms with Crippen molar-refractivity contribution in [2.24, 2.45) is 17.8 Å². The van der Waals surface area contributed by atoms with E-state index in [2.05, 4.69) is 5.10 Å². The van der Waals surface area contributed by atoms with Gasteiger partial charge in [0.05, 0.1) is 5.92 Å². The van der Waals surface area contributed by atoms with Crippen molar-refractivity contribution in [3.05, 3.63) is 50.9 Å². The van der Waals surface area contributed by atoms with Crippen molar-refractivity contribution in [2.75, 3.05) is 0 Å². The van der Waals surface area contributed by atoms with E-state index in [-0.39, 0.29) is 41.5 Å². The number of hydrogen-bond acceptors (Lipinski definition) is 2. The second kappa shape index (κ2) is 8.36. The Balaban J connectivity index is 1.57. The standard InChI is InChI=1S/C21H24ClF4N3O/c22-17-2-1-3-18(23)16(17)10-19-27-29(12-14-4-5-14)20(30)28(19)11-13-6-8-15(9-7-13)21(24,25)26/h1-3,13-15H,4-12H2. The third kappa shape index (κ3) is 4.74. The van der Waals surface area contributed by atoms with E-state index in [1.165, 1.54) is 21.4 Å². The molecule has 4 rings (SSSR count). The summed E-state index contributed by atoms with van der Waals surface area (Å²) in [6.07, 6.45) is -1.03. The molecule has 0 saturated heterocycles. The van der Waals surface area contributed by atoms with Gasteiger partial charge in [0, 0.05) is 30.1 Å². The fourth-order valence-corrected chi connectivity index (χ4v) is 4.48. The Morgan fingerprint density at radius 1 is 1.03 bits per heavy atom. The molecule has 2 aromatic rings. The lowest BCUT2D eigenvalue weighted by Gasteiger charge is -2.30. The molecule has 0 N–H and O–H groups in total. The molecule has 2 aliphatic rings. The van der Waals surface area contributed by atoms with Crippen molar-refractivity contribution < 1.29 is 17.6 Å². The SMILES string of the molecule is O=c1n(CC2CC2)nc(Cc2c(F)cccc2Cl)n1CC1CCC(C(F)(F)F)CC1. The molecule has 2 fully saturated rings. The summed E-state index contributed by atoms with van der Waals surface area (Å²) in [5, 5.41) is 4.71. The van der Waals surface area contributed by atoms with Gasteiger partial charge in [-0.1, -0.05) is 17.7 Å². The van der Waals surface area contributed by atoms with E-state index < -0.39 is 17.9 Å². The Hall–Kier alpha value is -1.83. The van der Waals surface area contributed by atoms with Gasteiger partial charge in [0.25, 0.3) is 0 Å². The van der Waals surface area contributed by atoms with E-state index >= 15 is 0 Å². The molecule has 0 atom stereocenters. The number of rotatable bonds is 6. The molecule has 0 unspecified atom stereocenters. The summed E-state index contributed by atoms with van der Waals surface area (Å²) in [7, 11) is 0. The summed E-state index contributed by atoms with van der Waals surface area (Å²) >= 11 is 6.15. The summed E-state index contributed by atoms with van der Waals surface area (Å²) in [5.41, 5.74) is -0.00734. The van der Waals surface area contributed by atoms with Crippen molar-refractivity contribution >= 4 is 11.6 Å². The monoisotopic (exact) mass is 445 g/mol. The van der Waals surface area contributed by atoms with Crippen LogP contribution in [-0.2, 0) is 19.5 Å². The van der Waals surface area contributed by atoms with Crippen LogP contribution in [-0.4, -0.2) is 20.5 Å². The number of hydrogen-bond donors (Lipinski definition) is 0. The molecule has 0 aliphatic heterocycles. The third-order valence-electron chi connectivity index (χ3n) is 6.27. The lowest BCUT2D eigenvalue weighted by atomic mass is 9.81. The van der Waals surface area contributed by atoms with Crippen LogP contribution in [0.1, 0.15) is 49.9 Å². The van der Waals surface area contributed by atoms with Crippen molar-refractivity contribution in [1.29, 1.82) is 0 Å². The smallest absolute Gasteiger partial charge is 0.278 e. The normalized spacial score (nSPS) is 22.4. The molecule has 2 saturated carbocycles. The fraction of sp³-hybridized carbons (Fsp3) is 0.619. The molecule has 0 bridgehead atoms. The molecule has 1 heterocycles. The van der Waals surface area contributed by atoms with E-state index in [0.29, 0.717) is 37.7 Å². The molecule has 9 heteroatoms. The van der Waals surface area contributed by atoms with Crippen LogP contribution in [0.15, 0.2) is 23.0 Å². The van der Waals surface area contributed by atoms with E-state index in [1.54, 1.807) is 6.07 Å². The predicted octanol–water partition coefficient (Wildman–Crippen LogP) is 5.21. The highest BCUT2D eigenvalue weighted by atomic mass is 35.5. The van der Waals surface area contributed by atoms with E-state index in [0.717, 1.165) is 12.8 Å². The maximum atomic E-state index is 14.3. The lowest BCUT2D eigenvalue weighted by molar-refractivity contribution is -0.184. The van der Waals surface area contributed by atoms with Crippen LogP contribution in [0.4, 0.5) is 17.6 Å². The average Bonchev–Trinajstić information content (AvgIpc) is 3.46. The predicted molar refractivity (Wildman–Crippen MR) is 105 cm³/mol. The lowest BCUT2D eigenvalue weighted by Crippen LogP contribution is -2.32. The van der Waals surface area contributed by atoms with Crippen LogP contribution < -0.4 is 5.69 Å². The van der Waals surface area contributed by atoms with Crippen LogP contribution in [0.2, 0.25) is 5.02 Å². The summed E-state index contributed by atoms with van der Waals surface area (Å²) in [6.45, 7) is 0.820. The summed E-state index contributed by atoms with van der Waals surface area (Å²) < 4.78 is 56.1. The fourth-order valence-electron chi connectivity index (χ4n) is 4.25. The Bertz CT molecular complexity index is 936. The van der Waals surface area contributed by atoms with Gasteiger partial charge in [0.2, 0.25) is 0 Å². The molecule has 0 amide bonds. The first-order chi connectivity index (χ1) is 14.2. The molecule has 1 aromatic heterocycles. The van der Waals surface area contributed by atoms with Crippen molar-refractivity contribution in [2.45, 2.75) is 64.2 Å². The number of benzene rings is 1. The second-order valence-electron chi connectivity index (χ2n) is 8.57. The Labute approximate surface area is 176 Å². The molecular weight excluding hydrogens is 422 g/mol. The number of halogens is 5. The van der Waals surface area contributed by atoms with Crippen molar-refractivity contribution in [3.8, 4) is 0 Å². The first-order valence-corrected chi connectivity index (χ1v) is 10.8. The average molecular weight is 446 g/mol. The zero-order valence-electron chi connectivity index (χ0n) is 16.5. The minimum Gasteiger partial charge on any atom is -0.278 e. The van der Waals surface area contributed by atoms with Gasteiger partial charge in [-0.2, -0.15) is 18.3 Å². The second-order valence-corrected chi connectivity index (χ2v) is 8.98. The van der Waals surface area contributed by atoms with Crippen LogP contribution in [0.25, 0.3) is 0 Å². The molecule has 4 nitrogen and oxygen atoms in total. The highest BCUT2D eigenvalue weighted by molar-refractivity contribution is 6.31. The quantitative estimate of drug-likeness (QED) is 0.573. The van der Waals surface area contributed by atoms with Crippen LogP contribution in [0.3, 0.4) is 0 Å². The topological polar surface area (TPSA) is 39.8 Å². The zero-order valence-corrected chi connectivity index (χ0v) is 17.2. The molecular formula is C21H24ClF4N3O. The third-order valence-corrected chi connectivity index (χ3v) is 6.63. The molecule has 0 radical (unpaired) electrons. The molecule has 164 valence electrons. The van der Waals surface area contributed by atoms with E-state index in [4.69, 9.17) is 11.6 Å². The molecule has 0 spiro atoms. The Morgan fingerprint density at radius 2 is 1.67 bits per heavy atom. The van der Waals surface area contributed by atoms with Crippen molar-refractivity contribution in [1.82, 2.24) is 14.3 Å². The number of nitrogens with zero attached hydrogens (tertiary/aromatic N) is 3. The van der Waals surface area contributed by atoms with Gasteiger partial charge in [-0.3, -0.25) is 4.57 Å². The van der Waals surface area contributed by atoms with Crippen LogP contribution in [0, 0.1) is 23.6 Å². The van der Waals surface area contributed by atoms with Gasteiger partial charge in [-0.25, -0.2) is 13.9 Å². The summed E-state index contributed by atoms with van der Waals surface area (Å²) in [4.78, 5) is 13.0. The number of alkyl halides is 3. The summed E-state index contributed by atoms with van der Waals surface area (Å²) in [5.74, 6) is -0.929. The molecule has 2 aliphatic carbocycles.